The Balaban J connectivity index is 0.00000392. The van der Waals surface area contributed by atoms with E-state index in [2.05, 4.69) is 25.9 Å². The van der Waals surface area contributed by atoms with Crippen molar-refractivity contribution in [1.82, 2.24) is 25.8 Å². The molecule has 1 saturated heterocycles. The van der Waals surface area contributed by atoms with Crippen LogP contribution < -0.4 is 16.0 Å². The second-order valence-electron chi connectivity index (χ2n) is 6.68. The van der Waals surface area contributed by atoms with Crippen LogP contribution in [0.25, 0.3) is 0 Å². The molecule has 2 rings (SSSR count). The molecule has 1 fully saturated rings. The molecule has 0 radical (unpaired) electrons. The first-order chi connectivity index (χ1) is 13.0. The molecule has 9 heteroatoms. The smallest absolute Gasteiger partial charge is 0.325 e. The zero-order valence-corrected chi connectivity index (χ0v) is 19.2. The highest BCUT2D eigenvalue weighted by Crippen LogP contribution is 2.20. The fourth-order valence-corrected chi connectivity index (χ4v) is 2.81. The van der Waals surface area contributed by atoms with Gasteiger partial charge in [-0.2, -0.15) is 0 Å². The summed E-state index contributed by atoms with van der Waals surface area (Å²) in [7, 11) is 0. The number of carbonyl (C=O) groups excluding carboxylic acids is 2. The summed E-state index contributed by atoms with van der Waals surface area (Å²) in [6, 6.07) is 5.56. The van der Waals surface area contributed by atoms with E-state index in [1.54, 1.807) is 13.1 Å². The predicted octanol–water partition coefficient (Wildman–Crippen LogP) is 1.91. The van der Waals surface area contributed by atoms with Crippen LogP contribution in [0.4, 0.5) is 4.79 Å². The van der Waals surface area contributed by atoms with E-state index in [0.29, 0.717) is 25.9 Å². The maximum atomic E-state index is 12.4. The number of pyridine rings is 1. The molecule has 0 spiro atoms. The number of urea groups is 1. The number of nitrogens with one attached hydrogen (secondary N) is 3. The lowest BCUT2D eigenvalue weighted by Gasteiger charge is -2.19. The van der Waals surface area contributed by atoms with Gasteiger partial charge in [0.05, 0.1) is 0 Å². The van der Waals surface area contributed by atoms with Crippen LogP contribution in [-0.4, -0.2) is 59.5 Å². The topological polar surface area (TPSA) is 98.7 Å². The Morgan fingerprint density at radius 2 is 2.07 bits per heavy atom. The Bertz CT molecular complexity index is 670. The third-order valence-corrected chi connectivity index (χ3v) is 4.61. The molecule has 1 unspecified atom stereocenters. The molecule has 1 aliphatic heterocycles. The Hall–Kier alpha value is -1.91. The second kappa shape index (κ2) is 11.8. The first-order valence-electron chi connectivity index (χ1n) is 9.56. The number of hydrogen-bond donors (Lipinski definition) is 3. The molecule has 1 aromatic heterocycles. The van der Waals surface area contributed by atoms with E-state index in [1.165, 1.54) is 4.90 Å². The van der Waals surface area contributed by atoms with Gasteiger partial charge in [0.25, 0.3) is 5.91 Å². The van der Waals surface area contributed by atoms with Crippen molar-refractivity contribution >= 4 is 41.9 Å². The lowest BCUT2D eigenvalue weighted by Crippen LogP contribution is -2.43. The van der Waals surface area contributed by atoms with E-state index in [1.807, 2.05) is 32.0 Å². The SMILES string of the molecule is CCNC(=NCCCN1C(=O)NC(C)(CC)C1=O)NCCc1ccccn1.I. The van der Waals surface area contributed by atoms with Crippen molar-refractivity contribution in [2.45, 2.75) is 45.6 Å². The number of guanidine groups is 1. The monoisotopic (exact) mass is 502 g/mol. The van der Waals surface area contributed by atoms with Gasteiger partial charge in [0, 0.05) is 44.5 Å². The maximum absolute atomic E-state index is 12.4. The van der Waals surface area contributed by atoms with E-state index in [4.69, 9.17) is 0 Å². The predicted molar refractivity (Wildman–Crippen MR) is 121 cm³/mol. The average Bonchev–Trinajstić information content (AvgIpc) is 2.89. The van der Waals surface area contributed by atoms with Gasteiger partial charge in [0.1, 0.15) is 5.54 Å². The number of imide groups is 1. The summed E-state index contributed by atoms with van der Waals surface area (Å²) in [5.74, 6) is 0.573. The highest BCUT2D eigenvalue weighted by Gasteiger charge is 2.45. The quantitative estimate of drug-likeness (QED) is 0.158. The van der Waals surface area contributed by atoms with Gasteiger partial charge in [-0.15, -0.1) is 24.0 Å². The van der Waals surface area contributed by atoms with E-state index >= 15 is 0 Å². The van der Waals surface area contributed by atoms with E-state index < -0.39 is 5.54 Å². The van der Waals surface area contributed by atoms with Crippen molar-refractivity contribution in [2.24, 2.45) is 4.99 Å². The zero-order chi connectivity index (χ0) is 19.7. The lowest BCUT2D eigenvalue weighted by molar-refractivity contribution is -0.130. The molecule has 3 amide bonds. The van der Waals surface area contributed by atoms with Crippen molar-refractivity contribution in [1.29, 1.82) is 0 Å². The molecule has 0 saturated carbocycles. The number of carbonyl (C=O) groups is 2. The summed E-state index contributed by atoms with van der Waals surface area (Å²) >= 11 is 0. The van der Waals surface area contributed by atoms with Crippen LogP contribution in [0.2, 0.25) is 0 Å². The van der Waals surface area contributed by atoms with Crippen molar-refractivity contribution in [3.05, 3.63) is 30.1 Å². The molecule has 0 aliphatic carbocycles. The van der Waals surface area contributed by atoms with Crippen LogP contribution in [0.15, 0.2) is 29.4 Å². The minimum atomic E-state index is -0.775. The fourth-order valence-electron chi connectivity index (χ4n) is 2.81. The minimum Gasteiger partial charge on any atom is -0.357 e. The summed E-state index contributed by atoms with van der Waals surface area (Å²) in [5, 5.41) is 9.24. The molecular formula is C19H31IN6O2. The van der Waals surface area contributed by atoms with Gasteiger partial charge in [0.2, 0.25) is 0 Å². The zero-order valence-electron chi connectivity index (χ0n) is 16.8. The number of rotatable bonds is 9. The molecule has 156 valence electrons. The largest absolute Gasteiger partial charge is 0.357 e. The van der Waals surface area contributed by atoms with Gasteiger partial charge in [-0.05, 0) is 38.8 Å². The first-order valence-corrected chi connectivity index (χ1v) is 9.56. The number of aliphatic imine (C=N–C) groups is 1. The van der Waals surface area contributed by atoms with E-state index in [9.17, 15) is 9.59 Å². The van der Waals surface area contributed by atoms with E-state index in [-0.39, 0.29) is 35.9 Å². The van der Waals surface area contributed by atoms with Crippen LogP contribution in [0.3, 0.4) is 0 Å². The van der Waals surface area contributed by atoms with Crippen molar-refractivity contribution < 1.29 is 9.59 Å². The lowest BCUT2D eigenvalue weighted by atomic mass is 9.99. The number of halogens is 1. The van der Waals surface area contributed by atoms with Gasteiger partial charge in [-0.1, -0.05) is 13.0 Å². The molecule has 1 aliphatic rings. The van der Waals surface area contributed by atoms with Gasteiger partial charge in [-0.25, -0.2) is 4.79 Å². The highest BCUT2D eigenvalue weighted by atomic mass is 127. The fraction of sp³-hybridized carbons (Fsp3) is 0.579. The Kier molecular flexibility index (Phi) is 10.2. The number of nitrogens with zero attached hydrogens (tertiary/aromatic N) is 3. The number of hydrogen-bond acceptors (Lipinski definition) is 4. The summed E-state index contributed by atoms with van der Waals surface area (Å²) in [4.78, 5) is 34.5. The Morgan fingerprint density at radius 1 is 1.29 bits per heavy atom. The first kappa shape index (κ1) is 24.1. The molecule has 28 heavy (non-hydrogen) atoms. The third-order valence-electron chi connectivity index (χ3n) is 4.61. The number of aromatic nitrogens is 1. The molecule has 1 aromatic rings. The molecule has 0 aromatic carbocycles. The second-order valence-corrected chi connectivity index (χ2v) is 6.68. The van der Waals surface area contributed by atoms with Crippen molar-refractivity contribution in [2.75, 3.05) is 26.2 Å². The van der Waals surface area contributed by atoms with Crippen molar-refractivity contribution in [3.63, 3.8) is 0 Å². The summed E-state index contributed by atoms with van der Waals surface area (Å²) in [5.41, 5.74) is 0.251. The van der Waals surface area contributed by atoms with E-state index in [0.717, 1.165) is 31.2 Å². The van der Waals surface area contributed by atoms with Crippen LogP contribution >= 0.6 is 24.0 Å². The van der Waals surface area contributed by atoms with Gasteiger partial charge in [0.15, 0.2) is 5.96 Å². The molecule has 2 heterocycles. The molecule has 0 bridgehead atoms. The van der Waals surface area contributed by atoms with Crippen LogP contribution in [0, 0.1) is 0 Å². The van der Waals surface area contributed by atoms with Crippen LogP contribution in [0.5, 0.6) is 0 Å². The summed E-state index contributed by atoms with van der Waals surface area (Å²) < 4.78 is 0. The van der Waals surface area contributed by atoms with Gasteiger partial charge >= 0.3 is 6.03 Å². The standard InChI is InChI=1S/C19H30N6O2.HI/c1-4-19(3)16(26)25(18(27)24-19)14-8-12-22-17(20-5-2)23-13-10-15-9-6-7-11-21-15;/h6-7,9,11H,4-5,8,10,12-14H2,1-3H3,(H,24,27)(H2,20,22,23);1H. The minimum absolute atomic E-state index is 0. The van der Waals surface area contributed by atoms with Crippen molar-refractivity contribution in [3.8, 4) is 0 Å². The normalized spacial score (nSPS) is 19.2. The molecule has 8 nitrogen and oxygen atoms in total. The molecule has 1 atom stereocenters. The summed E-state index contributed by atoms with van der Waals surface area (Å²) in [6.45, 7) is 8.05. The summed E-state index contributed by atoms with van der Waals surface area (Å²) in [6.07, 6.45) is 3.80. The Morgan fingerprint density at radius 3 is 2.68 bits per heavy atom. The third kappa shape index (κ3) is 6.61. The maximum Gasteiger partial charge on any atom is 0.325 e. The highest BCUT2D eigenvalue weighted by molar-refractivity contribution is 14.0. The molecular weight excluding hydrogens is 471 g/mol. The van der Waals surface area contributed by atoms with Gasteiger partial charge in [-0.3, -0.25) is 19.7 Å². The van der Waals surface area contributed by atoms with Crippen LogP contribution in [0.1, 0.15) is 39.3 Å². The van der Waals surface area contributed by atoms with Gasteiger partial charge < -0.3 is 16.0 Å². The molecule has 3 N–H and O–H groups in total. The Labute approximate surface area is 184 Å². The average molecular weight is 502 g/mol. The van der Waals surface area contributed by atoms with Crippen LogP contribution in [-0.2, 0) is 11.2 Å². The number of amides is 3.